The molecule has 1 atom stereocenters. The van der Waals surface area contributed by atoms with Gasteiger partial charge in [-0.05, 0) is 58.2 Å². The average molecular weight is 664 g/mol. The molecule has 1 aromatic carbocycles. The van der Waals surface area contributed by atoms with Gasteiger partial charge < -0.3 is 4.98 Å². The van der Waals surface area contributed by atoms with E-state index >= 15 is 0 Å². The number of fused-ring (bicyclic) bond motifs is 1. The van der Waals surface area contributed by atoms with Crippen LogP contribution in [-0.2, 0) is 0 Å². The number of pyridine rings is 2. The number of para-hydroxylation sites is 1. The highest BCUT2D eigenvalue weighted by atomic mass is 14.7. The number of hydrogen-bond donors (Lipinski definition) is 1. The molecule has 260 valence electrons. The second-order valence-corrected chi connectivity index (χ2v) is 8.79. The van der Waals surface area contributed by atoms with Gasteiger partial charge in [0.1, 0.15) is 0 Å². The topological polar surface area (TPSA) is 41.6 Å². The molecule has 0 spiro atoms. The van der Waals surface area contributed by atoms with Crippen molar-refractivity contribution in [1.82, 2.24) is 15.0 Å². The van der Waals surface area contributed by atoms with Crippen LogP contribution in [0, 0.1) is 5.92 Å². The lowest BCUT2D eigenvalue weighted by atomic mass is 9.75. The highest BCUT2D eigenvalue weighted by Gasteiger charge is 2.28. The molecule has 0 saturated carbocycles. The predicted molar refractivity (Wildman–Crippen MR) is 231 cm³/mol. The second kappa shape index (κ2) is 30.0. The number of allylic oxidation sites excluding steroid dienone is 10. The SMILES string of the molecule is C=C.C=C.C=C.C=C.C=C.C=C/C=C(C(=C)C(=C)c1ccccn1)/C(=C/C=C)C(C(=C)c1ccc[nH]1)C(=C)c1cccc2cccnc12.CC. The molecule has 0 saturated heterocycles. The Labute approximate surface area is 304 Å². The van der Waals surface area contributed by atoms with Crippen LogP contribution in [0.1, 0.15) is 30.8 Å². The number of benzene rings is 1. The molecule has 3 heterocycles. The van der Waals surface area contributed by atoms with Crippen molar-refractivity contribution in [2.24, 2.45) is 5.92 Å². The Balaban J connectivity index is -0.00000166. The Morgan fingerprint density at radius 2 is 1.22 bits per heavy atom. The van der Waals surface area contributed by atoms with Gasteiger partial charge in [-0.15, -0.1) is 65.8 Å². The normalized spacial score (nSPS) is 10.0. The summed E-state index contributed by atoms with van der Waals surface area (Å²) in [4.78, 5) is 12.5. The molecule has 3 nitrogen and oxygen atoms in total. The molecule has 3 aromatic heterocycles. The van der Waals surface area contributed by atoms with Crippen molar-refractivity contribution in [3.63, 3.8) is 0 Å². The van der Waals surface area contributed by atoms with E-state index in [0.717, 1.165) is 61.3 Å². The molecule has 0 aliphatic heterocycles. The van der Waals surface area contributed by atoms with Crippen molar-refractivity contribution in [2.75, 3.05) is 0 Å². The summed E-state index contributed by atoms with van der Waals surface area (Å²) in [5, 5.41) is 1.04. The molecule has 1 unspecified atom stereocenters. The molecule has 0 amide bonds. The first-order valence-corrected chi connectivity index (χ1v) is 15.8. The molecule has 0 bridgehead atoms. The first-order chi connectivity index (χ1) is 24.5. The molecular formula is C47H57N3. The zero-order chi connectivity index (χ0) is 39.1. The fourth-order valence-electron chi connectivity index (χ4n) is 4.61. The maximum Gasteiger partial charge on any atom is 0.0777 e. The summed E-state index contributed by atoms with van der Waals surface area (Å²) in [5.41, 5.74) is 8.41. The number of nitrogens with zero attached hydrogens (tertiary/aromatic N) is 2. The predicted octanol–water partition coefficient (Wildman–Crippen LogP) is 13.8. The lowest BCUT2D eigenvalue weighted by Crippen LogP contribution is -2.13. The molecule has 0 radical (unpaired) electrons. The standard InChI is InChI=1S/C35H31N3.C2H6.5C2H4/c1-7-14-29(24(3)25(4)32-19-9-10-21-36-32)31(15-8-2)34(27(6)33-20-13-22-37-33)26(5)30-18-11-16-28-17-12-23-38-35(28)30;6*1-2/h7-23,34,37H,1-6H2;1-2H3;5*1-2H2/b29-14+,31-15-;;;;;;. The van der Waals surface area contributed by atoms with E-state index < -0.39 is 0 Å². The number of nitrogens with one attached hydrogen (secondary N) is 1. The van der Waals surface area contributed by atoms with Gasteiger partial charge in [-0.2, -0.15) is 0 Å². The van der Waals surface area contributed by atoms with Crippen molar-refractivity contribution < 1.29 is 0 Å². The zero-order valence-electron chi connectivity index (χ0n) is 30.6. The van der Waals surface area contributed by atoms with E-state index in [9.17, 15) is 0 Å². The van der Waals surface area contributed by atoms with Gasteiger partial charge in [0, 0.05) is 46.7 Å². The number of hydrogen-bond acceptors (Lipinski definition) is 2. The fraction of sp³-hybridized carbons (Fsp3) is 0.0638. The quantitative estimate of drug-likeness (QED) is 0.128. The van der Waals surface area contributed by atoms with Crippen molar-refractivity contribution in [1.29, 1.82) is 0 Å². The first-order valence-electron chi connectivity index (χ1n) is 15.8. The third kappa shape index (κ3) is 13.4. The molecule has 0 aliphatic carbocycles. The number of aromatic nitrogens is 3. The molecule has 4 rings (SSSR count). The average Bonchev–Trinajstić information content (AvgIpc) is 3.76. The van der Waals surface area contributed by atoms with Crippen molar-refractivity contribution in [2.45, 2.75) is 13.8 Å². The van der Waals surface area contributed by atoms with Crippen molar-refractivity contribution in [3.8, 4) is 0 Å². The van der Waals surface area contributed by atoms with Crippen LogP contribution in [0.25, 0.3) is 27.6 Å². The van der Waals surface area contributed by atoms with E-state index in [1.54, 1.807) is 24.5 Å². The van der Waals surface area contributed by atoms with E-state index in [2.05, 4.69) is 138 Å². The molecule has 3 heteroatoms. The summed E-state index contributed by atoms with van der Waals surface area (Å²) >= 11 is 0. The zero-order valence-corrected chi connectivity index (χ0v) is 30.6. The maximum atomic E-state index is 4.69. The van der Waals surface area contributed by atoms with Gasteiger partial charge in [0.15, 0.2) is 0 Å². The third-order valence-corrected chi connectivity index (χ3v) is 6.49. The van der Waals surface area contributed by atoms with Crippen molar-refractivity contribution in [3.05, 3.63) is 242 Å². The van der Waals surface area contributed by atoms with E-state index in [1.165, 1.54) is 0 Å². The van der Waals surface area contributed by atoms with Crippen molar-refractivity contribution >= 4 is 27.6 Å². The molecule has 0 aliphatic rings. The minimum atomic E-state index is -0.335. The largest absolute Gasteiger partial charge is 0.361 e. The van der Waals surface area contributed by atoms with Crippen LogP contribution < -0.4 is 0 Å². The molecular weight excluding hydrogens is 607 g/mol. The van der Waals surface area contributed by atoms with Crippen LogP contribution in [0.5, 0.6) is 0 Å². The van der Waals surface area contributed by atoms with Crippen LogP contribution in [0.15, 0.2) is 226 Å². The minimum Gasteiger partial charge on any atom is -0.361 e. The summed E-state index contributed by atoms with van der Waals surface area (Å²) in [5.74, 6) is -0.335. The summed E-state index contributed by atoms with van der Waals surface area (Å²) in [6, 6.07) is 19.8. The van der Waals surface area contributed by atoms with E-state index in [-0.39, 0.29) is 5.92 Å². The fourth-order valence-corrected chi connectivity index (χ4v) is 4.61. The Morgan fingerprint density at radius 1 is 0.640 bits per heavy atom. The summed E-state index contributed by atoms with van der Waals surface area (Å²) in [6.45, 7) is 59.9. The molecule has 4 aromatic rings. The highest BCUT2D eigenvalue weighted by molar-refractivity contribution is 5.96. The van der Waals surface area contributed by atoms with Crippen LogP contribution in [-0.4, -0.2) is 15.0 Å². The Bertz CT molecular complexity index is 1660. The van der Waals surface area contributed by atoms with Crippen LogP contribution in [0.4, 0.5) is 0 Å². The lowest BCUT2D eigenvalue weighted by molar-refractivity contribution is 1.02. The maximum absolute atomic E-state index is 4.69. The third-order valence-electron chi connectivity index (χ3n) is 6.49. The molecule has 0 fully saturated rings. The van der Waals surface area contributed by atoms with Crippen LogP contribution in [0.3, 0.4) is 0 Å². The number of aromatic amines is 1. The van der Waals surface area contributed by atoms with E-state index in [4.69, 9.17) is 0 Å². The van der Waals surface area contributed by atoms with Gasteiger partial charge >= 0.3 is 0 Å². The summed E-state index contributed by atoms with van der Waals surface area (Å²) in [6.07, 6.45) is 12.9. The van der Waals surface area contributed by atoms with Crippen LogP contribution >= 0.6 is 0 Å². The summed E-state index contributed by atoms with van der Waals surface area (Å²) in [7, 11) is 0. The van der Waals surface area contributed by atoms with Gasteiger partial charge in [-0.1, -0.05) is 108 Å². The monoisotopic (exact) mass is 663 g/mol. The van der Waals surface area contributed by atoms with Gasteiger partial charge in [-0.25, -0.2) is 0 Å². The summed E-state index contributed by atoms with van der Waals surface area (Å²) < 4.78 is 0. The van der Waals surface area contributed by atoms with Gasteiger partial charge in [-0.3, -0.25) is 9.97 Å². The smallest absolute Gasteiger partial charge is 0.0777 e. The Kier molecular flexibility index (Phi) is 28.9. The minimum absolute atomic E-state index is 0.335. The van der Waals surface area contributed by atoms with E-state index in [0.29, 0.717) is 0 Å². The van der Waals surface area contributed by atoms with Crippen LogP contribution in [0.2, 0.25) is 0 Å². The number of rotatable bonds is 11. The first kappa shape index (κ1) is 48.1. The van der Waals surface area contributed by atoms with Gasteiger partial charge in [0.2, 0.25) is 0 Å². The Morgan fingerprint density at radius 3 is 1.74 bits per heavy atom. The molecule has 50 heavy (non-hydrogen) atoms. The number of H-pyrrole nitrogens is 1. The highest BCUT2D eigenvalue weighted by Crippen LogP contribution is 2.44. The lowest BCUT2D eigenvalue weighted by Gasteiger charge is -2.28. The Hall–Kier alpha value is -6.32. The van der Waals surface area contributed by atoms with Gasteiger partial charge in [0.25, 0.3) is 0 Å². The molecule has 1 N–H and O–H groups in total. The second-order valence-electron chi connectivity index (χ2n) is 8.79. The van der Waals surface area contributed by atoms with E-state index in [1.807, 2.05) is 74.7 Å². The van der Waals surface area contributed by atoms with Gasteiger partial charge in [0.05, 0.1) is 11.2 Å².